The van der Waals surface area contributed by atoms with Crippen LogP contribution in [0, 0.1) is 11.3 Å². The Morgan fingerprint density at radius 1 is 1.33 bits per heavy atom. The van der Waals surface area contributed by atoms with Crippen LogP contribution >= 0.6 is 0 Å². The number of amides is 1. The normalized spacial score (nSPS) is 13.3. The minimum atomic E-state index is -0.175. The Morgan fingerprint density at radius 2 is 2.11 bits per heavy atom. The van der Waals surface area contributed by atoms with Crippen molar-refractivity contribution < 1.29 is 14.3 Å². The SMILES string of the molecule is N#CCCC(=O)Nc1ccc2c(c1)OCCCO2. The van der Waals surface area contributed by atoms with Crippen LogP contribution in [0.25, 0.3) is 0 Å². The summed E-state index contributed by atoms with van der Waals surface area (Å²) in [7, 11) is 0. The lowest BCUT2D eigenvalue weighted by Crippen LogP contribution is -2.10. The van der Waals surface area contributed by atoms with Crippen molar-refractivity contribution in [3.8, 4) is 17.6 Å². The molecule has 18 heavy (non-hydrogen) atoms. The van der Waals surface area contributed by atoms with E-state index in [4.69, 9.17) is 14.7 Å². The number of nitriles is 1. The summed E-state index contributed by atoms with van der Waals surface area (Å²) in [6.07, 6.45) is 1.26. The van der Waals surface area contributed by atoms with Crippen LogP contribution in [0.5, 0.6) is 11.5 Å². The van der Waals surface area contributed by atoms with Crippen molar-refractivity contribution in [1.29, 1.82) is 5.26 Å². The Balaban J connectivity index is 2.04. The Labute approximate surface area is 105 Å². The number of rotatable bonds is 3. The highest BCUT2D eigenvalue weighted by atomic mass is 16.5. The summed E-state index contributed by atoms with van der Waals surface area (Å²) in [6, 6.07) is 7.22. The molecule has 0 aliphatic carbocycles. The molecule has 1 heterocycles. The molecule has 0 saturated carbocycles. The predicted octanol–water partition coefficient (Wildman–Crippen LogP) is 2.09. The average molecular weight is 246 g/mol. The summed E-state index contributed by atoms with van der Waals surface area (Å²) in [6.45, 7) is 1.25. The van der Waals surface area contributed by atoms with Crippen molar-refractivity contribution in [2.75, 3.05) is 18.5 Å². The van der Waals surface area contributed by atoms with Gasteiger partial charge in [-0.05, 0) is 12.1 Å². The molecule has 1 aliphatic rings. The molecule has 0 saturated heterocycles. The molecule has 5 heteroatoms. The molecule has 5 nitrogen and oxygen atoms in total. The minimum Gasteiger partial charge on any atom is -0.490 e. The zero-order valence-corrected chi connectivity index (χ0v) is 9.94. The number of hydrogen-bond acceptors (Lipinski definition) is 4. The van der Waals surface area contributed by atoms with E-state index in [-0.39, 0.29) is 18.7 Å². The van der Waals surface area contributed by atoms with E-state index in [0.717, 1.165) is 6.42 Å². The molecule has 0 fully saturated rings. The van der Waals surface area contributed by atoms with Gasteiger partial charge in [-0.3, -0.25) is 4.79 Å². The molecule has 0 spiro atoms. The summed E-state index contributed by atoms with van der Waals surface area (Å²) in [5.41, 5.74) is 0.655. The van der Waals surface area contributed by atoms with E-state index in [1.165, 1.54) is 0 Å². The van der Waals surface area contributed by atoms with Gasteiger partial charge in [0.05, 0.1) is 19.3 Å². The van der Waals surface area contributed by atoms with E-state index in [1.807, 2.05) is 6.07 Å². The summed E-state index contributed by atoms with van der Waals surface area (Å²) >= 11 is 0. The van der Waals surface area contributed by atoms with E-state index in [1.54, 1.807) is 18.2 Å². The van der Waals surface area contributed by atoms with Crippen molar-refractivity contribution in [3.63, 3.8) is 0 Å². The van der Waals surface area contributed by atoms with Crippen molar-refractivity contribution in [2.24, 2.45) is 0 Å². The van der Waals surface area contributed by atoms with Gasteiger partial charge in [0.15, 0.2) is 11.5 Å². The van der Waals surface area contributed by atoms with Crippen LogP contribution in [0.2, 0.25) is 0 Å². The third-order valence-corrected chi connectivity index (χ3v) is 2.50. The largest absolute Gasteiger partial charge is 0.490 e. The second kappa shape index (κ2) is 5.92. The van der Waals surface area contributed by atoms with Crippen LogP contribution in [-0.4, -0.2) is 19.1 Å². The van der Waals surface area contributed by atoms with Gasteiger partial charge in [-0.15, -0.1) is 0 Å². The first-order chi connectivity index (χ1) is 8.79. The third-order valence-electron chi connectivity index (χ3n) is 2.50. The van der Waals surface area contributed by atoms with E-state index in [0.29, 0.717) is 30.4 Å². The maximum absolute atomic E-state index is 11.5. The topological polar surface area (TPSA) is 71.4 Å². The second-order valence-electron chi connectivity index (χ2n) is 3.92. The number of nitrogens with one attached hydrogen (secondary N) is 1. The standard InChI is InChI=1S/C13H14N2O3/c14-6-1-3-13(16)15-10-4-5-11-12(9-10)18-8-2-7-17-11/h4-5,9H,1-3,7-8H2,(H,15,16). The highest BCUT2D eigenvalue weighted by molar-refractivity contribution is 5.91. The van der Waals surface area contributed by atoms with Gasteiger partial charge < -0.3 is 14.8 Å². The molecule has 2 rings (SSSR count). The fourth-order valence-corrected chi connectivity index (χ4v) is 1.63. The molecule has 1 N–H and O–H groups in total. The van der Waals surface area contributed by atoms with E-state index >= 15 is 0 Å². The Hall–Kier alpha value is -2.22. The average Bonchev–Trinajstić information content (AvgIpc) is 2.61. The highest BCUT2D eigenvalue weighted by Gasteiger charge is 2.11. The van der Waals surface area contributed by atoms with Crippen LogP contribution in [0.1, 0.15) is 19.3 Å². The summed E-state index contributed by atoms with van der Waals surface area (Å²) in [5, 5.41) is 11.1. The fourth-order valence-electron chi connectivity index (χ4n) is 1.63. The maximum atomic E-state index is 11.5. The first kappa shape index (κ1) is 12.2. The zero-order chi connectivity index (χ0) is 12.8. The van der Waals surface area contributed by atoms with Crippen molar-refractivity contribution in [1.82, 2.24) is 0 Å². The second-order valence-corrected chi connectivity index (χ2v) is 3.92. The number of carbonyl (C=O) groups is 1. The smallest absolute Gasteiger partial charge is 0.225 e. The van der Waals surface area contributed by atoms with Gasteiger partial charge in [-0.25, -0.2) is 0 Å². The molecular weight excluding hydrogens is 232 g/mol. The lowest BCUT2D eigenvalue weighted by Gasteiger charge is -2.10. The van der Waals surface area contributed by atoms with Crippen LogP contribution in [0.3, 0.4) is 0 Å². The monoisotopic (exact) mass is 246 g/mol. The number of benzene rings is 1. The fraction of sp³-hybridized carbons (Fsp3) is 0.385. The summed E-state index contributed by atoms with van der Waals surface area (Å²) < 4.78 is 11.0. The summed E-state index contributed by atoms with van der Waals surface area (Å²) in [4.78, 5) is 11.5. The third kappa shape index (κ3) is 3.14. The molecule has 0 bridgehead atoms. The predicted molar refractivity (Wildman–Crippen MR) is 65.5 cm³/mol. The molecule has 1 aromatic rings. The van der Waals surface area contributed by atoms with Crippen molar-refractivity contribution >= 4 is 11.6 Å². The Morgan fingerprint density at radius 3 is 2.89 bits per heavy atom. The first-order valence-electron chi connectivity index (χ1n) is 5.86. The zero-order valence-electron chi connectivity index (χ0n) is 9.94. The Kier molecular flexibility index (Phi) is 4.02. The maximum Gasteiger partial charge on any atom is 0.225 e. The molecule has 0 unspecified atom stereocenters. The van der Waals surface area contributed by atoms with Crippen LogP contribution in [0.4, 0.5) is 5.69 Å². The number of nitrogens with zero attached hydrogens (tertiary/aromatic N) is 1. The van der Waals surface area contributed by atoms with Crippen molar-refractivity contribution in [3.05, 3.63) is 18.2 Å². The van der Waals surface area contributed by atoms with E-state index in [9.17, 15) is 4.79 Å². The summed E-state index contributed by atoms with van der Waals surface area (Å²) in [5.74, 6) is 1.17. The van der Waals surface area contributed by atoms with Crippen LogP contribution in [0.15, 0.2) is 18.2 Å². The Bertz CT molecular complexity index is 480. The molecule has 1 amide bonds. The molecule has 1 aromatic carbocycles. The van der Waals surface area contributed by atoms with Gasteiger partial charge in [-0.2, -0.15) is 5.26 Å². The molecule has 0 atom stereocenters. The molecule has 1 aliphatic heterocycles. The number of hydrogen-bond donors (Lipinski definition) is 1. The van der Waals surface area contributed by atoms with Gasteiger partial charge >= 0.3 is 0 Å². The van der Waals surface area contributed by atoms with Crippen LogP contribution < -0.4 is 14.8 Å². The lowest BCUT2D eigenvalue weighted by molar-refractivity contribution is -0.116. The minimum absolute atomic E-state index is 0.175. The number of carbonyl (C=O) groups excluding carboxylic acids is 1. The van der Waals surface area contributed by atoms with Gasteiger partial charge in [0.25, 0.3) is 0 Å². The lowest BCUT2D eigenvalue weighted by atomic mass is 10.2. The molecular formula is C13H14N2O3. The van der Waals surface area contributed by atoms with E-state index in [2.05, 4.69) is 5.32 Å². The van der Waals surface area contributed by atoms with Gasteiger partial charge in [-0.1, -0.05) is 0 Å². The molecule has 94 valence electrons. The number of anilines is 1. The van der Waals surface area contributed by atoms with Gasteiger partial charge in [0.1, 0.15) is 0 Å². The first-order valence-corrected chi connectivity index (χ1v) is 5.86. The quantitative estimate of drug-likeness (QED) is 0.886. The molecule has 0 aromatic heterocycles. The van der Waals surface area contributed by atoms with Crippen LogP contribution in [-0.2, 0) is 4.79 Å². The number of fused-ring (bicyclic) bond motifs is 1. The highest BCUT2D eigenvalue weighted by Crippen LogP contribution is 2.32. The van der Waals surface area contributed by atoms with Gasteiger partial charge in [0.2, 0.25) is 5.91 Å². The van der Waals surface area contributed by atoms with E-state index < -0.39 is 0 Å². The number of ether oxygens (including phenoxy) is 2. The van der Waals surface area contributed by atoms with Crippen molar-refractivity contribution in [2.45, 2.75) is 19.3 Å². The molecule has 0 radical (unpaired) electrons. The van der Waals surface area contributed by atoms with Gasteiger partial charge in [0, 0.05) is 31.0 Å².